The summed E-state index contributed by atoms with van der Waals surface area (Å²) in [5.74, 6) is -0.852. The molecular weight excluding hydrogens is 418 g/mol. The van der Waals surface area contributed by atoms with E-state index in [4.69, 9.17) is 14.2 Å². The van der Waals surface area contributed by atoms with Crippen molar-refractivity contribution < 1.29 is 28.6 Å². The van der Waals surface area contributed by atoms with Crippen molar-refractivity contribution in [1.82, 2.24) is 4.90 Å². The average Bonchev–Trinajstić information content (AvgIpc) is 2.60. The summed E-state index contributed by atoms with van der Waals surface area (Å²) in [6, 6.07) is 3.35. The Hall–Kier alpha value is -2.61. The number of nitrogens with zero attached hydrogens (tertiary/aromatic N) is 1. The first-order valence-corrected chi connectivity index (χ1v) is 9.00. The second-order valence-electron chi connectivity index (χ2n) is 5.35. The minimum atomic E-state index is -0.603. The molecule has 1 aromatic carbocycles. The van der Waals surface area contributed by atoms with E-state index < -0.39 is 18.0 Å². The molecular formula is C19H22BrNO6. The van der Waals surface area contributed by atoms with Gasteiger partial charge in [-0.05, 0) is 38.1 Å². The molecule has 146 valence electrons. The van der Waals surface area contributed by atoms with Gasteiger partial charge in [0.25, 0.3) is 0 Å². The van der Waals surface area contributed by atoms with Gasteiger partial charge < -0.3 is 19.1 Å². The third-order valence-electron chi connectivity index (χ3n) is 3.04. The molecule has 0 saturated heterocycles. The van der Waals surface area contributed by atoms with Crippen molar-refractivity contribution in [3.8, 4) is 5.75 Å². The predicted molar refractivity (Wildman–Crippen MR) is 105 cm³/mol. The normalized spacial score (nSPS) is 10.9. The van der Waals surface area contributed by atoms with Crippen LogP contribution in [0.15, 0.2) is 28.8 Å². The fourth-order valence-corrected chi connectivity index (χ4v) is 2.37. The molecule has 0 spiro atoms. The number of esters is 2. The Bertz CT molecular complexity index is 706. The van der Waals surface area contributed by atoms with Crippen LogP contribution in [-0.2, 0) is 19.1 Å². The maximum absolute atomic E-state index is 12.0. The number of ether oxygens (including phenoxy) is 3. The highest BCUT2D eigenvalue weighted by Gasteiger charge is 2.15. The molecule has 0 unspecified atom stereocenters. The van der Waals surface area contributed by atoms with Gasteiger partial charge in [-0.2, -0.15) is 0 Å². The Balaban J connectivity index is 3.36. The molecule has 0 aliphatic rings. The third kappa shape index (κ3) is 7.65. The molecule has 8 heteroatoms. The van der Waals surface area contributed by atoms with E-state index >= 15 is 0 Å². The SMILES string of the molecule is CCOC(=O)/C=C/c1cc(Br)cc(/C=C/C(=O)OCC)c1OC(=O)N(C)C. The predicted octanol–water partition coefficient (Wildman–Crippen LogP) is 3.66. The largest absolute Gasteiger partial charge is 0.463 e. The van der Waals surface area contributed by atoms with E-state index in [0.717, 1.165) is 0 Å². The Kier molecular flexibility index (Phi) is 9.29. The quantitative estimate of drug-likeness (QED) is 0.476. The summed E-state index contributed by atoms with van der Waals surface area (Å²) in [5.41, 5.74) is 0.910. The van der Waals surface area contributed by atoms with Gasteiger partial charge in [-0.15, -0.1) is 0 Å². The summed E-state index contributed by atoms with van der Waals surface area (Å²) in [4.78, 5) is 36.5. The summed E-state index contributed by atoms with van der Waals surface area (Å²) in [7, 11) is 3.09. The minimum absolute atomic E-state index is 0.193. The molecule has 0 aliphatic heterocycles. The van der Waals surface area contributed by atoms with Gasteiger partial charge in [-0.25, -0.2) is 14.4 Å². The molecule has 0 atom stereocenters. The zero-order chi connectivity index (χ0) is 20.4. The highest BCUT2D eigenvalue weighted by Crippen LogP contribution is 2.31. The molecule has 0 fully saturated rings. The van der Waals surface area contributed by atoms with Crippen molar-refractivity contribution in [2.75, 3.05) is 27.3 Å². The van der Waals surface area contributed by atoms with E-state index in [1.165, 1.54) is 29.2 Å². The number of hydrogen-bond donors (Lipinski definition) is 0. The molecule has 7 nitrogen and oxygen atoms in total. The molecule has 1 aromatic rings. The first-order chi connectivity index (χ1) is 12.8. The van der Waals surface area contributed by atoms with Crippen LogP contribution < -0.4 is 4.74 Å². The highest BCUT2D eigenvalue weighted by atomic mass is 79.9. The van der Waals surface area contributed by atoms with Gasteiger partial charge in [-0.3, -0.25) is 0 Å². The summed E-state index contributed by atoms with van der Waals surface area (Å²) in [5, 5.41) is 0. The third-order valence-corrected chi connectivity index (χ3v) is 3.49. The molecule has 0 N–H and O–H groups in total. The second kappa shape index (κ2) is 11.2. The molecule has 0 saturated carbocycles. The molecule has 0 aliphatic carbocycles. The van der Waals surface area contributed by atoms with Crippen LogP contribution in [0.25, 0.3) is 12.2 Å². The van der Waals surface area contributed by atoms with Crippen molar-refractivity contribution >= 4 is 46.1 Å². The Labute approximate surface area is 166 Å². The van der Waals surface area contributed by atoms with Crippen molar-refractivity contribution in [3.63, 3.8) is 0 Å². The fourth-order valence-electron chi connectivity index (χ4n) is 1.88. The van der Waals surface area contributed by atoms with Gasteiger partial charge in [0.15, 0.2) is 0 Å². The van der Waals surface area contributed by atoms with E-state index in [1.807, 2.05) is 0 Å². The molecule has 27 heavy (non-hydrogen) atoms. The zero-order valence-corrected chi connectivity index (χ0v) is 17.2. The van der Waals surface area contributed by atoms with Gasteiger partial charge in [0.05, 0.1) is 13.2 Å². The van der Waals surface area contributed by atoms with E-state index in [0.29, 0.717) is 15.6 Å². The first kappa shape index (κ1) is 22.4. The smallest absolute Gasteiger partial charge is 0.414 e. The van der Waals surface area contributed by atoms with Crippen LogP contribution >= 0.6 is 15.9 Å². The number of benzene rings is 1. The van der Waals surface area contributed by atoms with Crippen molar-refractivity contribution in [2.45, 2.75) is 13.8 Å². The Morgan fingerprint density at radius 3 is 1.78 bits per heavy atom. The lowest BCUT2D eigenvalue weighted by molar-refractivity contribution is -0.138. The van der Waals surface area contributed by atoms with Crippen LogP contribution in [0.5, 0.6) is 5.75 Å². The van der Waals surface area contributed by atoms with Crippen molar-refractivity contribution in [3.05, 3.63) is 39.9 Å². The van der Waals surface area contributed by atoms with E-state index in [2.05, 4.69) is 15.9 Å². The standard InChI is InChI=1S/C19H22BrNO6/c1-5-25-16(22)9-7-13-11-15(20)12-14(8-10-17(23)26-6-2)18(13)27-19(24)21(3)4/h7-12H,5-6H2,1-4H3/b9-7+,10-8+. The van der Waals surface area contributed by atoms with Crippen LogP contribution in [0.1, 0.15) is 25.0 Å². The van der Waals surface area contributed by atoms with Crippen LogP contribution in [0, 0.1) is 0 Å². The topological polar surface area (TPSA) is 82.1 Å². The van der Waals surface area contributed by atoms with E-state index in [1.54, 1.807) is 40.1 Å². The number of amides is 1. The van der Waals surface area contributed by atoms with Gasteiger partial charge in [-0.1, -0.05) is 15.9 Å². The molecule has 1 rings (SSSR count). The average molecular weight is 440 g/mol. The van der Waals surface area contributed by atoms with E-state index in [-0.39, 0.29) is 19.0 Å². The van der Waals surface area contributed by atoms with Gasteiger partial charge >= 0.3 is 18.0 Å². The molecule has 0 heterocycles. The number of rotatable bonds is 7. The summed E-state index contributed by atoms with van der Waals surface area (Å²) in [6.07, 6.45) is 4.81. The van der Waals surface area contributed by atoms with Crippen LogP contribution in [0.2, 0.25) is 0 Å². The Morgan fingerprint density at radius 1 is 0.963 bits per heavy atom. The Morgan fingerprint density at radius 2 is 1.41 bits per heavy atom. The number of hydrogen-bond acceptors (Lipinski definition) is 6. The summed E-state index contributed by atoms with van der Waals surface area (Å²) < 4.78 is 15.8. The van der Waals surface area contributed by atoms with Crippen molar-refractivity contribution in [1.29, 1.82) is 0 Å². The van der Waals surface area contributed by atoms with Crippen LogP contribution in [-0.4, -0.2) is 50.2 Å². The van der Waals surface area contributed by atoms with E-state index in [9.17, 15) is 14.4 Å². The molecule has 0 radical (unpaired) electrons. The van der Waals surface area contributed by atoms with Gasteiger partial charge in [0.2, 0.25) is 0 Å². The number of carbonyl (C=O) groups excluding carboxylic acids is 3. The molecule has 0 aromatic heterocycles. The number of halogens is 1. The van der Waals surface area contributed by atoms with Crippen LogP contribution in [0.4, 0.5) is 4.79 Å². The maximum Gasteiger partial charge on any atom is 0.414 e. The lowest BCUT2D eigenvalue weighted by Crippen LogP contribution is -2.25. The molecule has 1 amide bonds. The monoisotopic (exact) mass is 439 g/mol. The highest BCUT2D eigenvalue weighted by molar-refractivity contribution is 9.10. The maximum atomic E-state index is 12.0. The zero-order valence-electron chi connectivity index (χ0n) is 15.7. The summed E-state index contributed by atoms with van der Waals surface area (Å²) in [6.45, 7) is 3.90. The lowest BCUT2D eigenvalue weighted by Gasteiger charge is -2.15. The number of carbonyl (C=O) groups is 3. The first-order valence-electron chi connectivity index (χ1n) is 8.20. The van der Waals surface area contributed by atoms with Crippen molar-refractivity contribution in [2.24, 2.45) is 0 Å². The lowest BCUT2D eigenvalue weighted by atomic mass is 10.1. The minimum Gasteiger partial charge on any atom is -0.463 e. The fraction of sp³-hybridized carbons (Fsp3) is 0.316. The summed E-state index contributed by atoms with van der Waals surface area (Å²) >= 11 is 3.37. The van der Waals surface area contributed by atoms with Gasteiger partial charge in [0, 0.05) is 41.8 Å². The molecule has 0 bridgehead atoms. The van der Waals surface area contributed by atoms with Crippen LogP contribution in [0.3, 0.4) is 0 Å². The van der Waals surface area contributed by atoms with Gasteiger partial charge in [0.1, 0.15) is 5.75 Å². The second-order valence-corrected chi connectivity index (χ2v) is 6.26.